The normalized spacial score (nSPS) is 10.6. The van der Waals surface area contributed by atoms with Gasteiger partial charge in [-0.3, -0.25) is 9.59 Å². The van der Waals surface area contributed by atoms with Gasteiger partial charge in [0.2, 0.25) is 0 Å². The second-order valence-electron chi connectivity index (χ2n) is 6.11. The molecule has 0 aliphatic heterocycles. The zero-order valence-corrected chi connectivity index (χ0v) is 16.0. The lowest BCUT2D eigenvalue weighted by molar-refractivity contribution is -0.145. The van der Waals surface area contributed by atoms with Crippen molar-refractivity contribution in [1.82, 2.24) is 4.98 Å². The first-order valence-corrected chi connectivity index (χ1v) is 9.81. The fourth-order valence-corrected chi connectivity index (χ4v) is 3.37. The summed E-state index contributed by atoms with van der Waals surface area (Å²) in [6, 6.07) is 17.4. The third kappa shape index (κ3) is 5.34. The van der Waals surface area contributed by atoms with Crippen molar-refractivity contribution in [3.63, 3.8) is 0 Å². The highest BCUT2D eigenvalue weighted by molar-refractivity contribution is 7.09. The predicted octanol–water partition coefficient (Wildman–Crippen LogP) is 5.08. The molecule has 3 rings (SSSR count). The second-order valence-corrected chi connectivity index (χ2v) is 7.06. The number of carbonyl (C=O) groups is 2. The van der Waals surface area contributed by atoms with Crippen LogP contribution in [0.2, 0.25) is 0 Å². The van der Waals surface area contributed by atoms with Crippen LogP contribution in [-0.4, -0.2) is 16.7 Å². The summed E-state index contributed by atoms with van der Waals surface area (Å²) in [7, 11) is 0. The van der Waals surface area contributed by atoms with Crippen molar-refractivity contribution in [2.75, 3.05) is 0 Å². The van der Waals surface area contributed by atoms with E-state index in [0.29, 0.717) is 5.56 Å². The number of aryl methyl sites for hydroxylation is 1. The SMILES string of the molecule is CCc1nc(COC(=O)CCC(=O)c2ccc(-c3ccccc3)cc2)cs1. The van der Waals surface area contributed by atoms with Gasteiger partial charge < -0.3 is 4.74 Å². The summed E-state index contributed by atoms with van der Waals surface area (Å²) >= 11 is 1.56. The first-order valence-electron chi connectivity index (χ1n) is 8.93. The third-order valence-electron chi connectivity index (χ3n) is 4.15. The standard InChI is InChI=1S/C22H21NO3S/c1-2-21-23-19(15-27-21)14-26-22(25)13-12-20(24)18-10-8-17(9-11-18)16-6-4-3-5-7-16/h3-11,15H,2,12-14H2,1H3. The number of ketones is 1. The monoisotopic (exact) mass is 379 g/mol. The van der Waals surface area contributed by atoms with Crippen LogP contribution in [0.3, 0.4) is 0 Å². The van der Waals surface area contributed by atoms with Crippen molar-refractivity contribution in [3.8, 4) is 11.1 Å². The molecule has 4 nitrogen and oxygen atoms in total. The van der Waals surface area contributed by atoms with E-state index in [4.69, 9.17) is 4.74 Å². The van der Waals surface area contributed by atoms with Gasteiger partial charge in [-0.15, -0.1) is 11.3 Å². The maximum absolute atomic E-state index is 12.3. The minimum Gasteiger partial charge on any atom is -0.459 e. The number of nitrogens with zero attached hydrogens (tertiary/aromatic N) is 1. The highest BCUT2D eigenvalue weighted by Crippen LogP contribution is 2.20. The Balaban J connectivity index is 1.47. The van der Waals surface area contributed by atoms with Crippen molar-refractivity contribution >= 4 is 23.1 Å². The fraction of sp³-hybridized carbons (Fsp3) is 0.227. The molecule has 0 saturated heterocycles. The molecule has 1 heterocycles. The highest BCUT2D eigenvalue weighted by Gasteiger charge is 2.11. The van der Waals surface area contributed by atoms with Crippen molar-refractivity contribution in [3.05, 3.63) is 76.2 Å². The summed E-state index contributed by atoms with van der Waals surface area (Å²) < 4.78 is 5.20. The summed E-state index contributed by atoms with van der Waals surface area (Å²) in [5.74, 6) is -0.441. The van der Waals surface area contributed by atoms with E-state index in [1.165, 1.54) is 0 Å². The van der Waals surface area contributed by atoms with Gasteiger partial charge >= 0.3 is 5.97 Å². The predicted molar refractivity (Wildman–Crippen MR) is 107 cm³/mol. The molecule has 5 heteroatoms. The van der Waals surface area contributed by atoms with E-state index in [1.807, 2.05) is 54.8 Å². The summed E-state index contributed by atoms with van der Waals surface area (Å²) in [5.41, 5.74) is 3.53. The zero-order chi connectivity index (χ0) is 19.1. The maximum atomic E-state index is 12.3. The molecule has 0 amide bonds. The van der Waals surface area contributed by atoms with Crippen LogP contribution in [0.4, 0.5) is 0 Å². The fourth-order valence-electron chi connectivity index (χ4n) is 2.64. The van der Waals surface area contributed by atoms with Crippen LogP contribution >= 0.6 is 11.3 Å². The topological polar surface area (TPSA) is 56.3 Å². The Morgan fingerprint density at radius 3 is 2.33 bits per heavy atom. The van der Waals surface area contributed by atoms with E-state index in [2.05, 4.69) is 4.98 Å². The molecule has 0 atom stereocenters. The molecule has 0 fully saturated rings. The number of Topliss-reactive ketones (excluding diaryl/α,β-unsaturated/α-hetero) is 1. The largest absolute Gasteiger partial charge is 0.459 e. The molecule has 0 spiro atoms. The number of carbonyl (C=O) groups excluding carboxylic acids is 2. The van der Waals surface area contributed by atoms with Gasteiger partial charge in [-0.1, -0.05) is 61.5 Å². The lowest BCUT2D eigenvalue weighted by Gasteiger charge is -2.05. The highest BCUT2D eigenvalue weighted by atomic mass is 32.1. The lowest BCUT2D eigenvalue weighted by Crippen LogP contribution is -2.08. The Labute approximate surface area is 162 Å². The van der Waals surface area contributed by atoms with E-state index in [-0.39, 0.29) is 31.2 Å². The summed E-state index contributed by atoms with van der Waals surface area (Å²) in [6.45, 7) is 2.20. The van der Waals surface area contributed by atoms with Crippen LogP contribution in [0.1, 0.15) is 40.8 Å². The molecule has 0 aliphatic carbocycles. The number of ether oxygens (including phenoxy) is 1. The summed E-state index contributed by atoms with van der Waals surface area (Å²) in [5, 5.41) is 2.92. The van der Waals surface area contributed by atoms with E-state index < -0.39 is 0 Å². The van der Waals surface area contributed by atoms with Crippen molar-refractivity contribution < 1.29 is 14.3 Å². The molecule has 0 aliphatic rings. The van der Waals surface area contributed by atoms with Crippen molar-refractivity contribution in [2.45, 2.75) is 32.8 Å². The summed E-state index contributed by atoms with van der Waals surface area (Å²) in [4.78, 5) is 28.5. The van der Waals surface area contributed by atoms with Gasteiger partial charge in [0, 0.05) is 17.4 Å². The molecular weight excluding hydrogens is 358 g/mol. The number of aromatic nitrogens is 1. The molecule has 2 aromatic carbocycles. The van der Waals surface area contributed by atoms with Gasteiger partial charge in [0.1, 0.15) is 6.61 Å². The van der Waals surface area contributed by atoms with Crippen molar-refractivity contribution in [1.29, 1.82) is 0 Å². The average Bonchev–Trinajstić information content (AvgIpc) is 3.19. The van der Waals surface area contributed by atoms with Gasteiger partial charge in [0.25, 0.3) is 0 Å². The molecule has 0 radical (unpaired) electrons. The van der Waals surface area contributed by atoms with Crippen LogP contribution in [0.5, 0.6) is 0 Å². The van der Waals surface area contributed by atoms with Gasteiger partial charge in [-0.05, 0) is 17.5 Å². The smallest absolute Gasteiger partial charge is 0.306 e. The van der Waals surface area contributed by atoms with Crippen molar-refractivity contribution in [2.24, 2.45) is 0 Å². The number of hydrogen-bond donors (Lipinski definition) is 0. The van der Waals surface area contributed by atoms with Gasteiger partial charge in [0.05, 0.1) is 17.1 Å². The third-order valence-corrected chi connectivity index (χ3v) is 5.19. The van der Waals surface area contributed by atoms with E-state index >= 15 is 0 Å². The first-order chi connectivity index (χ1) is 13.2. The van der Waals surface area contributed by atoms with Crippen LogP contribution in [0, 0.1) is 0 Å². The average molecular weight is 379 g/mol. The molecule has 0 N–H and O–H groups in total. The Morgan fingerprint density at radius 1 is 0.963 bits per heavy atom. The quantitative estimate of drug-likeness (QED) is 0.405. The zero-order valence-electron chi connectivity index (χ0n) is 15.2. The summed E-state index contributed by atoms with van der Waals surface area (Å²) in [6.07, 6.45) is 1.08. The van der Waals surface area contributed by atoms with E-state index in [1.54, 1.807) is 23.5 Å². The van der Waals surface area contributed by atoms with Crippen LogP contribution in [0.25, 0.3) is 11.1 Å². The Kier molecular flexibility index (Phi) is 6.49. The second kappa shape index (κ2) is 9.24. The van der Waals surface area contributed by atoms with Gasteiger partial charge in [-0.25, -0.2) is 4.98 Å². The minimum atomic E-state index is -0.379. The molecule has 3 aromatic rings. The molecular formula is C22H21NO3S. The molecule has 0 unspecified atom stereocenters. The number of rotatable bonds is 8. The number of thiazole rings is 1. The van der Waals surface area contributed by atoms with Gasteiger partial charge in [-0.2, -0.15) is 0 Å². The molecule has 0 saturated carbocycles. The molecule has 0 bridgehead atoms. The Bertz CT molecular complexity index is 901. The number of hydrogen-bond acceptors (Lipinski definition) is 5. The van der Waals surface area contributed by atoms with E-state index in [0.717, 1.165) is 28.2 Å². The first kappa shape index (κ1) is 19.0. The molecule has 1 aromatic heterocycles. The lowest BCUT2D eigenvalue weighted by atomic mass is 10.0. The minimum absolute atomic E-state index is 0.0616. The Hall–Kier alpha value is -2.79. The number of benzene rings is 2. The molecule has 27 heavy (non-hydrogen) atoms. The Morgan fingerprint density at radius 2 is 1.67 bits per heavy atom. The van der Waals surface area contributed by atoms with Crippen LogP contribution in [-0.2, 0) is 22.6 Å². The molecule has 138 valence electrons. The maximum Gasteiger partial charge on any atom is 0.306 e. The van der Waals surface area contributed by atoms with Crippen LogP contribution in [0.15, 0.2) is 60.0 Å². The van der Waals surface area contributed by atoms with Crippen LogP contribution < -0.4 is 0 Å². The van der Waals surface area contributed by atoms with Gasteiger partial charge in [0.15, 0.2) is 5.78 Å². The number of esters is 1. The van der Waals surface area contributed by atoms with E-state index in [9.17, 15) is 9.59 Å².